The molecule has 3 amide bonds. The number of benzene rings is 3. The predicted molar refractivity (Wildman–Crippen MR) is 285 cm³/mol. The first kappa shape index (κ1) is 57.6. The smallest absolute Gasteiger partial charge is 0.439 e. The second kappa shape index (κ2) is 23.0. The lowest BCUT2D eigenvalue weighted by Gasteiger charge is -2.36. The number of aryl methyl sites for hydroxylation is 1. The molecule has 0 saturated carbocycles. The van der Waals surface area contributed by atoms with Crippen LogP contribution >= 0.6 is 22.4 Å². The van der Waals surface area contributed by atoms with E-state index in [-0.39, 0.29) is 60.3 Å². The molecule has 1 fully saturated rings. The number of aromatic nitrogens is 4. The Morgan fingerprint density at radius 1 is 0.961 bits per heavy atom. The maximum atomic E-state index is 14.5. The third kappa shape index (κ3) is 12.8. The SMILES string of the molecule is CC[N+]1=c2cc3c(cc2CCC1)=C(c1ccccc1C(=O)N(C)CCCC(=O)NCCNC(=O)O[C@@H]1[C@H](O)[C@@H](COP(=O)(O)OP(=O)(O)OP(O)(O)=S)O[C@H]1n1cnc2c(N)ncnc21)c1ccc(N(C)C)cc1C3(C)C. The Balaban J connectivity index is 0.891. The van der Waals surface area contributed by atoms with Crippen LogP contribution < -0.4 is 36.4 Å². The normalized spacial score (nSPS) is 20.3. The summed E-state index contributed by atoms with van der Waals surface area (Å²) >= 11 is 4.10. The zero-order chi connectivity index (χ0) is 55.8. The maximum Gasteiger partial charge on any atom is 0.488 e. The molecule has 29 heteroatoms. The number of hydrogen-bond acceptors (Lipinski definition) is 17. The first-order chi connectivity index (χ1) is 36.3. The summed E-state index contributed by atoms with van der Waals surface area (Å²) in [6, 6.07) is 18.9. The van der Waals surface area contributed by atoms with Crippen molar-refractivity contribution in [2.24, 2.45) is 0 Å². The summed E-state index contributed by atoms with van der Waals surface area (Å²) in [5.74, 6) is -0.562. The molecule has 414 valence electrons. The summed E-state index contributed by atoms with van der Waals surface area (Å²) < 4.78 is 52.3. The zero-order valence-corrected chi connectivity index (χ0v) is 46.5. The lowest BCUT2D eigenvalue weighted by atomic mass is 9.68. The van der Waals surface area contributed by atoms with E-state index in [0.717, 1.165) is 59.9 Å². The summed E-state index contributed by atoms with van der Waals surface area (Å²) in [6.45, 7) is 2.87. The average molecular weight is 1140 g/mol. The number of rotatable bonds is 20. The summed E-state index contributed by atoms with van der Waals surface area (Å²) in [5, 5.41) is 18.8. The molecule has 2 aromatic heterocycles. The molecule has 25 nitrogen and oxygen atoms in total. The zero-order valence-electron chi connectivity index (χ0n) is 43.0. The third-order valence-corrected chi connectivity index (χ3v) is 18.0. The number of phosphoric ester groups is 1. The molecule has 0 radical (unpaired) electrons. The fourth-order valence-corrected chi connectivity index (χ4v) is 13.7. The Hall–Kier alpha value is -5.56. The Kier molecular flexibility index (Phi) is 17.2. The average Bonchev–Trinajstić information content (AvgIpc) is 3.96. The molecule has 2 aliphatic heterocycles. The van der Waals surface area contributed by atoms with E-state index in [2.05, 4.69) is 107 Å². The summed E-state index contributed by atoms with van der Waals surface area (Å²) in [6.07, 6.45) is -2.82. The van der Waals surface area contributed by atoms with E-state index in [0.29, 0.717) is 12.0 Å². The van der Waals surface area contributed by atoms with Crippen LogP contribution in [0.1, 0.15) is 84.4 Å². The molecule has 1 aliphatic carbocycles. The van der Waals surface area contributed by atoms with E-state index in [1.807, 2.05) is 38.4 Å². The fraction of sp³-hybridized carbons (Fsp3) is 0.438. The van der Waals surface area contributed by atoms with Gasteiger partial charge in [0.2, 0.25) is 11.3 Å². The molecule has 8 rings (SSSR count). The number of nitrogens with one attached hydrogen (secondary N) is 2. The minimum Gasteiger partial charge on any atom is -0.439 e. The van der Waals surface area contributed by atoms with Crippen LogP contribution in [-0.4, -0.2) is 146 Å². The van der Waals surface area contributed by atoms with Crippen LogP contribution in [-0.2, 0) is 60.2 Å². The monoisotopic (exact) mass is 1140 g/mol. The standard InChI is InChI=1S/C48H61N10O15P3S/c1-7-57-21-10-12-28-22-33-35(24-36(28)57)48(2,3)34-23-29(55(4)5)16-17-32(34)39(33)30-13-8-9-14-31(30)45(61)56(6)20-11-15-38(59)50-18-19-51-47(62)71-42-41(60)37(25-69-74(63,64)72-75(65,66)73-76(67,68)77)70-46(42)58-27-54-40-43(49)52-26-53-44(40)58/h8-9,13-14,16-17,22-24,26-27,37,41-42,46,60H,7,10-12,15,18-21,25H2,1-6H3,(H7-,49,50,51,52,53,59,62,63,64,65,66,67,68,77)/p+1/t37-,41-,42-,46-/m1/s1. The minimum atomic E-state index is -5.66. The third-order valence-electron chi connectivity index (χ3n) is 13.6. The highest BCUT2D eigenvalue weighted by Gasteiger charge is 2.50. The maximum absolute atomic E-state index is 14.5. The molecule has 1 saturated heterocycles. The molecule has 3 aliphatic rings. The minimum absolute atomic E-state index is 0.0201. The van der Waals surface area contributed by atoms with Gasteiger partial charge in [0.1, 0.15) is 37.1 Å². The molecule has 4 heterocycles. The van der Waals surface area contributed by atoms with Crippen molar-refractivity contribution in [1.29, 1.82) is 0 Å². The van der Waals surface area contributed by atoms with Crippen molar-refractivity contribution in [3.8, 4) is 0 Å². The largest absolute Gasteiger partial charge is 0.488 e. The van der Waals surface area contributed by atoms with Crippen LogP contribution in [0, 0.1) is 0 Å². The van der Waals surface area contributed by atoms with Crippen molar-refractivity contribution < 1.29 is 70.8 Å². The van der Waals surface area contributed by atoms with Crippen LogP contribution in [0.5, 0.6) is 0 Å². The summed E-state index contributed by atoms with van der Waals surface area (Å²) in [4.78, 5) is 94.6. The molecular weight excluding hydrogens is 1080 g/mol. The Labute approximate surface area is 447 Å². The molecule has 9 N–H and O–H groups in total. The number of nitrogens with two attached hydrogens (primary N) is 1. The second-order valence-corrected chi connectivity index (χ2v) is 25.2. The Morgan fingerprint density at radius 2 is 1.70 bits per heavy atom. The number of carbonyl (C=O) groups is 3. The number of aliphatic hydroxyl groups is 1. The number of amides is 3. The molecular formula is C48H62N10O15P3S+. The highest BCUT2D eigenvalue weighted by molar-refractivity contribution is 8.08. The number of nitrogen functional groups attached to an aromatic ring is 1. The Morgan fingerprint density at radius 3 is 2.43 bits per heavy atom. The van der Waals surface area contributed by atoms with Gasteiger partial charge in [-0.1, -0.05) is 38.1 Å². The first-order valence-electron chi connectivity index (χ1n) is 24.5. The topological polar surface area (TPSA) is 336 Å². The number of hydrogen-bond donors (Lipinski definition) is 8. The lowest BCUT2D eigenvalue weighted by Crippen LogP contribution is -2.43. The number of imidazole rings is 1. The van der Waals surface area contributed by atoms with Crippen molar-refractivity contribution in [2.75, 3.05) is 71.1 Å². The van der Waals surface area contributed by atoms with E-state index in [1.165, 1.54) is 32.9 Å². The summed E-state index contributed by atoms with van der Waals surface area (Å²) in [5.41, 5.74) is 14.0. The number of aliphatic hydroxyl groups excluding tert-OH is 1. The highest BCUT2D eigenvalue weighted by Crippen LogP contribution is 2.66. The van der Waals surface area contributed by atoms with Gasteiger partial charge in [-0.15, -0.1) is 0 Å². The van der Waals surface area contributed by atoms with Crippen LogP contribution in [0.3, 0.4) is 0 Å². The number of phosphoric acid groups is 2. The number of ether oxygens (including phenoxy) is 2. The fourth-order valence-electron chi connectivity index (χ4n) is 9.91. The summed E-state index contributed by atoms with van der Waals surface area (Å²) in [7, 11) is -5.44. The van der Waals surface area contributed by atoms with Crippen LogP contribution in [0.4, 0.5) is 16.3 Å². The van der Waals surface area contributed by atoms with Gasteiger partial charge in [-0.3, -0.25) is 18.7 Å². The van der Waals surface area contributed by atoms with Crippen molar-refractivity contribution in [2.45, 2.75) is 76.4 Å². The van der Waals surface area contributed by atoms with E-state index in [4.69, 9.17) is 19.7 Å². The van der Waals surface area contributed by atoms with Gasteiger partial charge >= 0.3 is 28.5 Å². The van der Waals surface area contributed by atoms with Crippen molar-refractivity contribution in [3.63, 3.8) is 0 Å². The number of alkyl carbamates (subject to hydrolysis) is 1. The molecule has 5 aromatic rings. The van der Waals surface area contributed by atoms with Gasteiger partial charge in [0.15, 0.2) is 23.8 Å². The quantitative estimate of drug-likeness (QED) is 0.0315. The lowest BCUT2D eigenvalue weighted by molar-refractivity contribution is -0.121. The van der Waals surface area contributed by atoms with Crippen molar-refractivity contribution >= 4 is 80.3 Å². The number of nitrogens with zero attached hydrogens (tertiary/aromatic N) is 7. The highest BCUT2D eigenvalue weighted by atomic mass is 32.5. The number of anilines is 2. The molecule has 3 aromatic carbocycles. The van der Waals surface area contributed by atoms with Gasteiger partial charge in [0, 0.05) is 81.9 Å². The van der Waals surface area contributed by atoms with Crippen LogP contribution in [0.25, 0.3) is 16.7 Å². The number of fused-ring (bicyclic) bond motifs is 4. The van der Waals surface area contributed by atoms with Gasteiger partial charge in [-0.05, 0) is 88.9 Å². The van der Waals surface area contributed by atoms with Gasteiger partial charge in [0.05, 0.1) is 12.9 Å². The van der Waals surface area contributed by atoms with Gasteiger partial charge in [-0.25, -0.2) is 37.8 Å². The first-order valence-corrected chi connectivity index (χ1v) is 30.1. The van der Waals surface area contributed by atoms with Crippen molar-refractivity contribution in [1.82, 2.24) is 39.6 Å². The van der Waals surface area contributed by atoms with E-state index in [1.54, 1.807) is 11.9 Å². The van der Waals surface area contributed by atoms with Crippen LogP contribution in [0.2, 0.25) is 0 Å². The Bertz CT molecular complexity index is 3390. The molecule has 6 atom stereocenters. The number of carbonyl (C=O) groups excluding carboxylic acids is 3. The van der Waals surface area contributed by atoms with Gasteiger partial charge < -0.3 is 60.3 Å². The predicted octanol–water partition coefficient (Wildman–Crippen LogP) is 2.30. The molecule has 2 unspecified atom stereocenters. The molecule has 0 spiro atoms. The van der Waals surface area contributed by atoms with E-state index in [9.17, 15) is 48.2 Å². The van der Waals surface area contributed by atoms with Gasteiger partial charge in [0.25, 0.3) is 5.91 Å². The molecule has 77 heavy (non-hydrogen) atoms. The van der Waals surface area contributed by atoms with E-state index < -0.39 is 59.6 Å². The van der Waals surface area contributed by atoms with Crippen LogP contribution in [0.15, 0.2) is 67.3 Å². The second-order valence-electron chi connectivity index (χ2n) is 19.4. The van der Waals surface area contributed by atoms with E-state index >= 15 is 0 Å². The van der Waals surface area contributed by atoms with Gasteiger partial charge in [-0.2, -0.15) is 4.31 Å². The molecule has 0 bridgehead atoms. The van der Waals surface area contributed by atoms with Crippen molar-refractivity contribution in [3.05, 3.63) is 111 Å².